The molecule has 0 bridgehead atoms. The number of carbonyl (C=O) groups excluding carboxylic acids is 1. The molecule has 3 aliphatic rings. The van der Waals surface area contributed by atoms with E-state index in [4.69, 9.17) is 14.9 Å². The van der Waals surface area contributed by atoms with Gasteiger partial charge in [-0.1, -0.05) is 44.2 Å². The Morgan fingerprint density at radius 2 is 1.93 bits per heavy atom. The number of nitrogens with zero attached hydrogens (tertiary/aromatic N) is 2. The molecule has 1 amide bonds. The lowest BCUT2D eigenvalue weighted by molar-refractivity contribution is -0.192. The molecule has 0 unspecified atom stereocenters. The fourth-order valence-corrected chi connectivity index (χ4v) is 4.70. The Bertz CT molecular complexity index is 826. The first-order chi connectivity index (χ1) is 14.0. The number of halogens is 3. The van der Waals surface area contributed by atoms with Crippen molar-refractivity contribution in [3.8, 4) is 0 Å². The second-order valence-electron chi connectivity index (χ2n) is 8.53. The van der Waals surface area contributed by atoms with Crippen LogP contribution in [-0.2, 0) is 9.59 Å². The van der Waals surface area contributed by atoms with Crippen LogP contribution in [0, 0.1) is 17.8 Å². The topological polar surface area (TPSA) is 82.0 Å². The Balaban J connectivity index is 0.000000318. The highest BCUT2D eigenvalue weighted by Crippen LogP contribution is 2.49. The average Bonchev–Trinajstić information content (AvgIpc) is 3.31. The van der Waals surface area contributed by atoms with Gasteiger partial charge in [0.05, 0.1) is 0 Å². The minimum atomic E-state index is -5.08. The molecule has 1 aromatic rings. The maximum absolute atomic E-state index is 12.8. The van der Waals surface area contributed by atoms with Crippen molar-refractivity contribution in [2.75, 3.05) is 19.6 Å². The van der Waals surface area contributed by atoms with Crippen LogP contribution < -0.4 is 5.32 Å². The maximum Gasteiger partial charge on any atom is 0.490 e. The second kappa shape index (κ2) is 8.37. The molecule has 3 atom stereocenters. The third-order valence-electron chi connectivity index (χ3n) is 5.88. The molecule has 1 saturated heterocycles. The minimum absolute atomic E-state index is 0.121. The fourth-order valence-electron chi connectivity index (χ4n) is 4.70. The van der Waals surface area contributed by atoms with E-state index in [1.54, 1.807) is 0 Å². The van der Waals surface area contributed by atoms with Crippen molar-refractivity contribution in [1.82, 2.24) is 10.2 Å². The number of fused-ring (bicyclic) bond motifs is 2. The number of nitrogens with one attached hydrogen (secondary N) is 1. The zero-order valence-electron chi connectivity index (χ0n) is 16.9. The first kappa shape index (κ1) is 22.3. The van der Waals surface area contributed by atoms with Crippen molar-refractivity contribution >= 4 is 17.7 Å². The van der Waals surface area contributed by atoms with Crippen molar-refractivity contribution in [2.24, 2.45) is 22.7 Å². The molecule has 2 N–H and O–H groups in total. The van der Waals surface area contributed by atoms with Crippen LogP contribution in [0.15, 0.2) is 35.3 Å². The van der Waals surface area contributed by atoms with Gasteiger partial charge < -0.3 is 15.3 Å². The van der Waals surface area contributed by atoms with E-state index in [2.05, 4.69) is 24.1 Å². The van der Waals surface area contributed by atoms with Crippen LogP contribution in [0.1, 0.15) is 32.3 Å². The molecule has 2 aliphatic heterocycles. The molecule has 9 heteroatoms. The Morgan fingerprint density at radius 1 is 1.30 bits per heavy atom. The molecule has 1 saturated carbocycles. The van der Waals surface area contributed by atoms with Crippen LogP contribution in [0.5, 0.6) is 0 Å². The van der Waals surface area contributed by atoms with Gasteiger partial charge in [-0.25, -0.2) is 4.79 Å². The summed E-state index contributed by atoms with van der Waals surface area (Å²) in [6.45, 7) is 7.80. The lowest BCUT2D eigenvalue weighted by atomic mass is 9.85. The zero-order chi connectivity index (χ0) is 22.1. The normalized spacial score (nSPS) is 28.2. The number of carboxylic acid groups (broad SMARTS) is 1. The van der Waals surface area contributed by atoms with E-state index in [9.17, 15) is 18.0 Å². The van der Waals surface area contributed by atoms with Crippen LogP contribution in [-0.4, -0.2) is 59.1 Å². The van der Waals surface area contributed by atoms with Gasteiger partial charge in [-0.05, 0) is 24.7 Å². The molecule has 2 fully saturated rings. The van der Waals surface area contributed by atoms with Crippen molar-refractivity contribution < 1.29 is 27.9 Å². The third kappa shape index (κ3) is 4.50. The molecular weight excluding hydrogens is 399 g/mol. The van der Waals surface area contributed by atoms with Gasteiger partial charge in [0.15, 0.2) is 0 Å². The summed E-state index contributed by atoms with van der Waals surface area (Å²) >= 11 is 0. The highest BCUT2D eigenvalue weighted by Gasteiger charge is 2.59. The van der Waals surface area contributed by atoms with Crippen molar-refractivity contribution in [2.45, 2.75) is 38.4 Å². The van der Waals surface area contributed by atoms with Gasteiger partial charge in [-0.3, -0.25) is 9.79 Å². The van der Waals surface area contributed by atoms with Gasteiger partial charge in [-0.15, -0.1) is 0 Å². The SMILES string of the molecule is CC(C)CN1C[C@H]2CC[C@@]3(N=C(c4ccccc4)NC3=O)[C@H]2C1.O=C(O)C(F)(F)F. The number of carboxylic acids is 1. The number of rotatable bonds is 3. The fraction of sp³-hybridized carbons (Fsp3) is 0.571. The van der Waals surface area contributed by atoms with Gasteiger partial charge in [0.1, 0.15) is 11.4 Å². The molecule has 0 aromatic heterocycles. The maximum atomic E-state index is 12.8. The smallest absolute Gasteiger partial charge is 0.475 e. The van der Waals surface area contributed by atoms with Crippen LogP contribution in [0.25, 0.3) is 0 Å². The molecule has 1 spiro atoms. The summed E-state index contributed by atoms with van der Waals surface area (Å²) in [5, 5.41) is 10.2. The molecule has 6 nitrogen and oxygen atoms in total. The number of aliphatic carboxylic acids is 1. The standard InChI is InChI=1S/C19H25N3O.C2HF3O2/c1-13(2)10-22-11-15-8-9-19(16(15)12-22)18(23)20-17(21-19)14-6-4-3-5-7-14;3-2(4,5)1(6)7/h3-7,13,15-16H,8-12H2,1-2H3,(H,20,21,23);(H,6,7)/t15-,16+,19-;/m1./s1. The number of amides is 1. The highest BCUT2D eigenvalue weighted by atomic mass is 19.4. The van der Waals surface area contributed by atoms with E-state index >= 15 is 0 Å². The van der Waals surface area contributed by atoms with E-state index in [1.165, 1.54) is 0 Å². The van der Waals surface area contributed by atoms with Gasteiger partial charge >= 0.3 is 12.1 Å². The van der Waals surface area contributed by atoms with E-state index in [0.29, 0.717) is 17.8 Å². The molecule has 1 aliphatic carbocycles. The number of amidine groups is 1. The lowest BCUT2D eigenvalue weighted by Gasteiger charge is -2.26. The molecule has 2 heterocycles. The van der Waals surface area contributed by atoms with Crippen LogP contribution in [0.4, 0.5) is 13.2 Å². The molecule has 30 heavy (non-hydrogen) atoms. The van der Waals surface area contributed by atoms with Crippen molar-refractivity contribution in [3.63, 3.8) is 0 Å². The lowest BCUT2D eigenvalue weighted by Crippen LogP contribution is -2.45. The van der Waals surface area contributed by atoms with Crippen LogP contribution >= 0.6 is 0 Å². The summed E-state index contributed by atoms with van der Waals surface area (Å²) in [7, 11) is 0. The summed E-state index contributed by atoms with van der Waals surface area (Å²) < 4.78 is 31.7. The number of carbonyl (C=O) groups is 2. The van der Waals surface area contributed by atoms with E-state index < -0.39 is 17.7 Å². The number of alkyl halides is 3. The van der Waals surface area contributed by atoms with Gasteiger partial charge in [0.2, 0.25) is 0 Å². The van der Waals surface area contributed by atoms with Gasteiger partial charge in [-0.2, -0.15) is 13.2 Å². The number of aliphatic imine (C=N–C) groups is 1. The second-order valence-corrected chi connectivity index (χ2v) is 8.53. The molecule has 0 radical (unpaired) electrons. The summed E-state index contributed by atoms with van der Waals surface area (Å²) in [6, 6.07) is 10.0. The molecular formula is C21H26F3N3O3. The third-order valence-corrected chi connectivity index (χ3v) is 5.88. The summed E-state index contributed by atoms with van der Waals surface area (Å²) in [4.78, 5) is 29.2. The quantitative estimate of drug-likeness (QED) is 0.780. The molecule has 1 aromatic carbocycles. The van der Waals surface area contributed by atoms with Crippen molar-refractivity contribution in [3.05, 3.63) is 35.9 Å². The zero-order valence-corrected chi connectivity index (χ0v) is 16.9. The Kier molecular flexibility index (Phi) is 6.21. The number of hydrogen-bond donors (Lipinski definition) is 2. The Labute approximate surface area is 173 Å². The van der Waals surface area contributed by atoms with Crippen LogP contribution in [0.2, 0.25) is 0 Å². The highest BCUT2D eigenvalue weighted by molar-refractivity contribution is 6.15. The van der Waals surface area contributed by atoms with E-state index in [0.717, 1.165) is 43.9 Å². The van der Waals surface area contributed by atoms with E-state index in [-0.39, 0.29) is 5.91 Å². The summed E-state index contributed by atoms with van der Waals surface area (Å²) in [5.74, 6) is -0.201. The average molecular weight is 425 g/mol. The van der Waals surface area contributed by atoms with Crippen molar-refractivity contribution in [1.29, 1.82) is 0 Å². The molecule has 164 valence electrons. The van der Waals surface area contributed by atoms with Gasteiger partial charge in [0, 0.05) is 31.1 Å². The predicted molar refractivity (Wildman–Crippen MR) is 105 cm³/mol. The Morgan fingerprint density at radius 3 is 2.50 bits per heavy atom. The Hall–Kier alpha value is -2.42. The molecule has 4 rings (SSSR count). The first-order valence-corrected chi connectivity index (χ1v) is 10.0. The number of likely N-dealkylation sites (tertiary alicyclic amines) is 1. The monoisotopic (exact) mass is 425 g/mol. The van der Waals surface area contributed by atoms with Crippen LogP contribution in [0.3, 0.4) is 0 Å². The van der Waals surface area contributed by atoms with Gasteiger partial charge in [0.25, 0.3) is 5.91 Å². The van der Waals surface area contributed by atoms with E-state index in [1.807, 2.05) is 30.3 Å². The predicted octanol–water partition coefficient (Wildman–Crippen LogP) is 2.93. The first-order valence-electron chi connectivity index (χ1n) is 10.0. The minimum Gasteiger partial charge on any atom is -0.475 e. The number of hydrogen-bond acceptors (Lipinski definition) is 4. The number of benzene rings is 1. The summed E-state index contributed by atoms with van der Waals surface area (Å²) in [5.41, 5.74) is 0.500. The largest absolute Gasteiger partial charge is 0.490 e. The summed E-state index contributed by atoms with van der Waals surface area (Å²) in [6.07, 6.45) is -3.06.